The van der Waals surface area contributed by atoms with Crippen LogP contribution in [0.1, 0.15) is 23.6 Å². The van der Waals surface area contributed by atoms with Crippen LogP contribution in [0.2, 0.25) is 0 Å². The van der Waals surface area contributed by atoms with Gasteiger partial charge in [0.25, 0.3) is 0 Å². The lowest BCUT2D eigenvalue weighted by atomic mass is 10.1. The average molecular weight is 400 g/mol. The molecule has 29 heavy (non-hydrogen) atoms. The summed E-state index contributed by atoms with van der Waals surface area (Å²) in [7, 11) is 3.46. The number of methoxy groups -OCH3 is 1. The lowest BCUT2D eigenvalue weighted by Crippen LogP contribution is -2.37. The number of hydrogen-bond donors (Lipinski definition) is 2. The van der Waals surface area contributed by atoms with Gasteiger partial charge in [-0.1, -0.05) is 24.3 Å². The highest BCUT2D eigenvalue weighted by molar-refractivity contribution is 5.79. The summed E-state index contributed by atoms with van der Waals surface area (Å²) in [4.78, 5) is 4.31. The van der Waals surface area contributed by atoms with Gasteiger partial charge in [-0.15, -0.1) is 0 Å². The number of ether oxygens (including phenoxy) is 3. The Morgan fingerprint density at radius 1 is 1.07 bits per heavy atom. The van der Waals surface area contributed by atoms with Gasteiger partial charge in [-0.2, -0.15) is 0 Å². The first kappa shape index (κ1) is 22.6. The van der Waals surface area contributed by atoms with Gasteiger partial charge in [-0.25, -0.2) is 0 Å². The van der Waals surface area contributed by atoms with Gasteiger partial charge in [0.15, 0.2) is 5.96 Å². The third-order valence-corrected chi connectivity index (χ3v) is 4.42. The van der Waals surface area contributed by atoms with Gasteiger partial charge in [-0.3, -0.25) is 4.99 Å². The molecule has 158 valence electrons. The van der Waals surface area contributed by atoms with E-state index < -0.39 is 0 Å². The van der Waals surface area contributed by atoms with Crippen molar-refractivity contribution in [3.8, 4) is 11.5 Å². The zero-order valence-corrected chi connectivity index (χ0v) is 18.0. The largest absolute Gasteiger partial charge is 0.497 e. The van der Waals surface area contributed by atoms with Crippen molar-refractivity contribution in [2.24, 2.45) is 4.99 Å². The van der Waals surface area contributed by atoms with Crippen LogP contribution in [0.3, 0.4) is 0 Å². The van der Waals surface area contributed by atoms with E-state index in [2.05, 4.69) is 52.9 Å². The zero-order valence-electron chi connectivity index (χ0n) is 18.0. The van der Waals surface area contributed by atoms with E-state index in [1.165, 1.54) is 11.1 Å². The quantitative estimate of drug-likeness (QED) is 0.345. The fourth-order valence-electron chi connectivity index (χ4n) is 2.85. The number of nitrogens with zero attached hydrogens (tertiary/aromatic N) is 1. The Labute approximate surface area is 174 Å². The maximum Gasteiger partial charge on any atom is 0.191 e. The lowest BCUT2D eigenvalue weighted by molar-refractivity contribution is 0.110. The zero-order chi connectivity index (χ0) is 20.9. The molecule has 6 heteroatoms. The van der Waals surface area contributed by atoms with Crippen molar-refractivity contribution in [3.05, 3.63) is 59.2 Å². The summed E-state index contributed by atoms with van der Waals surface area (Å²) in [5.74, 6) is 2.51. The van der Waals surface area contributed by atoms with Crippen LogP contribution in [0.25, 0.3) is 0 Å². The van der Waals surface area contributed by atoms with Crippen LogP contribution in [0, 0.1) is 6.92 Å². The molecular weight excluding hydrogens is 366 g/mol. The van der Waals surface area contributed by atoms with Gasteiger partial charge in [0.2, 0.25) is 0 Å². The van der Waals surface area contributed by atoms with Crippen LogP contribution in [0.4, 0.5) is 0 Å². The van der Waals surface area contributed by atoms with Crippen LogP contribution < -0.4 is 20.1 Å². The number of aliphatic imine (C=N–C) groups is 1. The molecule has 0 spiro atoms. The summed E-state index contributed by atoms with van der Waals surface area (Å²) in [6.07, 6.45) is 0.883. The summed E-state index contributed by atoms with van der Waals surface area (Å²) < 4.78 is 16.5. The number of hydrogen-bond acceptors (Lipinski definition) is 4. The molecule has 2 aromatic carbocycles. The topological polar surface area (TPSA) is 64.1 Å². The predicted octanol–water partition coefficient (Wildman–Crippen LogP) is 3.33. The van der Waals surface area contributed by atoms with E-state index in [4.69, 9.17) is 14.2 Å². The third-order valence-electron chi connectivity index (χ3n) is 4.42. The average Bonchev–Trinajstić information content (AvgIpc) is 2.74. The molecular formula is C23H33N3O3. The van der Waals surface area contributed by atoms with Crippen molar-refractivity contribution < 1.29 is 14.2 Å². The summed E-state index contributed by atoms with van der Waals surface area (Å²) in [5.41, 5.74) is 3.47. The first-order chi connectivity index (χ1) is 14.2. The first-order valence-corrected chi connectivity index (χ1v) is 10.0. The second kappa shape index (κ2) is 12.7. The van der Waals surface area contributed by atoms with Gasteiger partial charge in [0.05, 0.1) is 13.7 Å². The molecule has 0 aliphatic rings. The Bertz CT molecular complexity index is 778. The second-order valence-electron chi connectivity index (χ2n) is 6.61. The highest BCUT2D eigenvalue weighted by atomic mass is 16.5. The molecule has 0 amide bonds. The summed E-state index contributed by atoms with van der Waals surface area (Å²) in [5, 5.41) is 6.71. The minimum absolute atomic E-state index is 0.539. The number of benzene rings is 2. The van der Waals surface area contributed by atoms with Gasteiger partial charge in [0.1, 0.15) is 18.1 Å². The monoisotopic (exact) mass is 399 g/mol. The minimum atomic E-state index is 0.539. The van der Waals surface area contributed by atoms with Crippen molar-refractivity contribution in [3.63, 3.8) is 0 Å². The molecule has 0 unspecified atom stereocenters. The van der Waals surface area contributed by atoms with Crippen LogP contribution in [0.5, 0.6) is 11.5 Å². The Balaban J connectivity index is 1.85. The van der Waals surface area contributed by atoms with Crippen molar-refractivity contribution in [1.29, 1.82) is 0 Å². The molecule has 0 bridgehead atoms. The van der Waals surface area contributed by atoms with Crippen molar-refractivity contribution in [1.82, 2.24) is 10.6 Å². The molecule has 0 saturated heterocycles. The van der Waals surface area contributed by atoms with E-state index in [9.17, 15) is 0 Å². The van der Waals surface area contributed by atoms with Gasteiger partial charge >= 0.3 is 0 Å². The molecule has 6 nitrogen and oxygen atoms in total. The summed E-state index contributed by atoms with van der Waals surface area (Å²) in [6, 6.07) is 14.3. The fourth-order valence-corrected chi connectivity index (χ4v) is 2.85. The van der Waals surface area contributed by atoms with E-state index in [0.29, 0.717) is 26.4 Å². The Morgan fingerprint density at radius 3 is 2.69 bits per heavy atom. The van der Waals surface area contributed by atoms with E-state index >= 15 is 0 Å². The molecule has 0 aromatic heterocycles. The molecule has 0 saturated carbocycles. The molecule has 2 rings (SSSR count). The van der Waals surface area contributed by atoms with E-state index in [0.717, 1.165) is 36.0 Å². The molecule has 2 N–H and O–H groups in total. The molecule has 0 heterocycles. The summed E-state index contributed by atoms with van der Waals surface area (Å²) in [6.45, 7) is 7.27. The minimum Gasteiger partial charge on any atom is -0.497 e. The molecule has 2 aromatic rings. The lowest BCUT2D eigenvalue weighted by Gasteiger charge is -2.15. The Morgan fingerprint density at radius 2 is 1.93 bits per heavy atom. The van der Waals surface area contributed by atoms with Crippen LogP contribution >= 0.6 is 0 Å². The molecule has 0 aliphatic carbocycles. The fraction of sp³-hybridized carbons (Fsp3) is 0.435. The van der Waals surface area contributed by atoms with E-state index in [-0.39, 0.29) is 0 Å². The van der Waals surface area contributed by atoms with Crippen LogP contribution in [-0.2, 0) is 17.7 Å². The van der Waals surface area contributed by atoms with Crippen LogP contribution in [0.15, 0.2) is 47.5 Å². The van der Waals surface area contributed by atoms with Gasteiger partial charge in [-0.05, 0) is 49.6 Å². The Kier molecular flexibility index (Phi) is 9.86. The third kappa shape index (κ3) is 8.03. The normalized spacial score (nSPS) is 11.2. The standard InChI is InChI=1S/C23H33N3O3/c1-5-28-13-14-29-22-15-18(2)9-10-20(22)17-26-23(24-3)25-12-11-19-7-6-8-21(16-19)27-4/h6-10,15-16H,5,11-14,17H2,1-4H3,(H2,24,25,26). The summed E-state index contributed by atoms with van der Waals surface area (Å²) >= 11 is 0. The molecule has 0 radical (unpaired) electrons. The van der Waals surface area contributed by atoms with Gasteiger partial charge < -0.3 is 24.8 Å². The van der Waals surface area contributed by atoms with Crippen molar-refractivity contribution >= 4 is 5.96 Å². The van der Waals surface area contributed by atoms with Crippen LogP contribution in [-0.4, -0.2) is 46.5 Å². The number of rotatable bonds is 11. The number of guanidine groups is 1. The SMILES string of the molecule is CCOCCOc1cc(C)ccc1CNC(=NC)NCCc1cccc(OC)c1. The first-order valence-electron chi connectivity index (χ1n) is 10.0. The maximum atomic E-state index is 5.91. The second-order valence-corrected chi connectivity index (χ2v) is 6.61. The van der Waals surface area contributed by atoms with E-state index in [1.807, 2.05) is 19.1 Å². The van der Waals surface area contributed by atoms with Crippen molar-refractivity contribution in [2.75, 3.05) is 40.5 Å². The Hall–Kier alpha value is -2.73. The highest BCUT2D eigenvalue weighted by Crippen LogP contribution is 2.20. The predicted molar refractivity (Wildman–Crippen MR) is 118 cm³/mol. The maximum absolute atomic E-state index is 5.91. The smallest absolute Gasteiger partial charge is 0.191 e. The number of aryl methyl sites for hydroxylation is 1. The van der Waals surface area contributed by atoms with Gasteiger partial charge in [0, 0.05) is 32.3 Å². The highest BCUT2D eigenvalue weighted by Gasteiger charge is 2.06. The molecule has 0 atom stereocenters. The molecule has 0 fully saturated rings. The van der Waals surface area contributed by atoms with Crippen molar-refractivity contribution in [2.45, 2.75) is 26.8 Å². The molecule has 0 aliphatic heterocycles. The van der Waals surface area contributed by atoms with E-state index in [1.54, 1.807) is 14.2 Å². The number of nitrogens with one attached hydrogen (secondary N) is 2.